The van der Waals surface area contributed by atoms with Crippen LogP contribution in [-0.4, -0.2) is 18.1 Å². The molecule has 0 fully saturated rings. The largest absolute Gasteiger partial charge is 0.486 e. The van der Waals surface area contributed by atoms with Gasteiger partial charge in [-0.25, -0.2) is 4.79 Å². The number of nitrogens with one attached hydrogen (secondary N) is 1. The van der Waals surface area contributed by atoms with Gasteiger partial charge in [0.2, 0.25) is 0 Å². The number of fused-ring (bicyclic) bond motifs is 1. The van der Waals surface area contributed by atoms with E-state index in [4.69, 9.17) is 9.47 Å². The van der Waals surface area contributed by atoms with Gasteiger partial charge in [-0.3, -0.25) is 0 Å². The zero-order valence-electron chi connectivity index (χ0n) is 11.6. The Labute approximate surface area is 122 Å². The summed E-state index contributed by atoms with van der Waals surface area (Å²) in [5.41, 5.74) is 2.23. The molecule has 0 aliphatic rings. The number of hydrogen-bond donors (Lipinski definition) is 1. The first-order chi connectivity index (χ1) is 10.3. The Bertz CT molecular complexity index is 762. The summed E-state index contributed by atoms with van der Waals surface area (Å²) in [6.45, 7) is 0.396. The standard InChI is InChI=1S/C17H15NO3/c1-20-17(19)15-16(13-9-5-6-10-14(13)18-15)21-11-12-7-3-2-4-8-12/h2-10,18H,11H2,1H3. The molecule has 3 rings (SSSR count). The molecule has 0 bridgehead atoms. The molecular formula is C17H15NO3. The van der Waals surface area contributed by atoms with Gasteiger partial charge in [0, 0.05) is 10.9 Å². The zero-order chi connectivity index (χ0) is 14.7. The quantitative estimate of drug-likeness (QED) is 0.744. The van der Waals surface area contributed by atoms with Gasteiger partial charge in [0.05, 0.1) is 7.11 Å². The molecule has 0 amide bonds. The SMILES string of the molecule is COC(=O)c1[nH]c2ccccc2c1OCc1ccccc1. The molecule has 0 unspecified atom stereocenters. The lowest BCUT2D eigenvalue weighted by Crippen LogP contribution is -2.05. The molecular weight excluding hydrogens is 266 g/mol. The van der Waals surface area contributed by atoms with Crippen molar-refractivity contribution in [2.45, 2.75) is 6.61 Å². The molecule has 1 N–H and O–H groups in total. The van der Waals surface area contributed by atoms with Crippen LogP contribution in [0.2, 0.25) is 0 Å². The maximum Gasteiger partial charge on any atom is 0.358 e. The number of para-hydroxylation sites is 1. The Hall–Kier alpha value is -2.75. The fraction of sp³-hybridized carbons (Fsp3) is 0.118. The second-order valence-corrected chi connectivity index (χ2v) is 4.64. The first-order valence-corrected chi connectivity index (χ1v) is 6.65. The van der Waals surface area contributed by atoms with Crippen LogP contribution in [0.15, 0.2) is 54.6 Å². The second-order valence-electron chi connectivity index (χ2n) is 4.64. The minimum Gasteiger partial charge on any atom is -0.486 e. The predicted molar refractivity (Wildman–Crippen MR) is 80.4 cm³/mol. The van der Waals surface area contributed by atoms with Crippen molar-refractivity contribution in [3.63, 3.8) is 0 Å². The van der Waals surface area contributed by atoms with Crippen molar-refractivity contribution in [3.8, 4) is 5.75 Å². The summed E-state index contributed by atoms with van der Waals surface area (Å²) >= 11 is 0. The van der Waals surface area contributed by atoms with Crippen molar-refractivity contribution in [3.05, 3.63) is 65.9 Å². The van der Waals surface area contributed by atoms with Crippen LogP contribution < -0.4 is 4.74 Å². The monoisotopic (exact) mass is 281 g/mol. The number of carbonyl (C=O) groups excluding carboxylic acids is 1. The van der Waals surface area contributed by atoms with Gasteiger partial charge in [-0.2, -0.15) is 0 Å². The highest BCUT2D eigenvalue weighted by Crippen LogP contribution is 2.31. The van der Waals surface area contributed by atoms with Crippen LogP contribution in [0, 0.1) is 0 Å². The third-order valence-corrected chi connectivity index (χ3v) is 3.27. The molecule has 2 aromatic carbocycles. The molecule has 0 spiro atoms. The molecule has 0 radical (unpaired) electrons. The van der Waals surface area contributed by atoms with E-state index in [9.17, 15) is 4.79 Å². The molecule has 0 aliphatic heterocycles. The van der Waals surface area contributed by atoms with E-state index in [1.165, 1.54) is 7.11 Å². The Balaban J connectivity index is 1.97. The number of aromatic amines is 1. The van der Waals surface area contributed by atoms with E-state index >= 15 is 0 Å². The van der Waals surface area contributed by atoms with Crippen LogP contribution in [-0.2, 0) is 11.3 Å². The van der Waals surface area contributed by atoms with E-state index in [1.807, 2.05) is 54.6 Å². The predicted octanol–water partition coefficient (Wildman–Crippen LogP) is 3.53. The summed E-state index contributed by atoms with van der Waals surface area (Å²) in [4.78, 5) is 14.9. The Kier molecular flexibility index (Phi) is 3.60. The lowest BCUT2D eigenvalue weighted by molar-refractivity contribution is 0.0590. The number of rotatable bonds is 4. The third-order valence-electron chi connectivity index (χ3n) is 3.27. The van der Waals surface area contributed by atoms with Gasteiger partial charge in [-0.15, -0.1) is 0 Å². The van der Waals surface area contributed by atoms with Gasteiger partial charge in [0.15, 0.2) is 11.4 Å². The van der Waals surface area contributed by atoms with Crippen molar-refractivity contribution in [1.29, 1.82) is 0 Å². The summed E-state index contributed by atoms with van der Waals surface area (Å²) < 4.78 is 10.7. The molecule has 0 saturated heterocycles. The van der Waals surface area contributed by atoms with Crippen molar-refractivity contribution in [2.24, 2.45) is 0 Å². The number of methoxy groups -OCH3 is 1. The van der Waals surface area contributed by atoms with Crippen LogP contribution in [0.5, 0.6) is 5.75 Å². The van der Waals surface area contributed by atoms with Gasteiger partial charge in [0.1, 0.15) is 6.61 Å². The highest BCUT2D eigenvalue weighted by molar-refractivity contribution is 6.00. The van der Waals surface area contributed by atoms with Gasteiger partial charge < -0.3 is 14.5 Å². The number of esters is 1. The van der Waals surface area contributed by atoms with Gasteiger partial charge in [-0.1, -0.05) is 42.5 Å². The molecule has 3 aromatic rings. The lowest BCUT2D eigenvalue weighted by atomic mass is 10.2. The van der Waals surface area contributed by atoms with E-state index in [2.05, 4.69) is 4.98 Å². The number of aromatic nitrogens is 1. The zero-order valence-corrected chi connectivity index (χ0v) is 11.6. The Morgan fingerprint density at radius 2 is 1.76 bits per heavy atom. The fourth-order valence-corrected chi connectivity index (χ4v) is 2.24. The van der Waals surface area contributed by atoms with E-state index in [1.54, 1.807) is 0 Å². The average Bonchev–Trinajstić information content (AvgIpc) is 2.92. The van der Waals surface area contributed by atoms with Gasteiger partial charge in [-0.05, 0) is 17.7 Å². The van der Waals surface area contributed by atoms with Crippen LogP contribution >= 0.6 is 0 Å². The summed E-state index contributed by atoms with van der Waals surface area (Å²) in [7, 11) is 1.36. The maximum absolute atomic E-state index is 11.9. The molecule has 0 aliphatic carbocycles. The highest BCUT2D eigenvalue weighted by atomic mass is 16.5. The number of H-pyrrole nitrogens is 1. The number of ether oxygens (including phenoxy) is 2. The molecule has 21 heavy (non-hydrogen) atoms. The van der Waals surface area contributed by atoms with Crippen molar-refractivity contribution < 1.29 is 14.3 Å². The molecule has 0 saturated carbocycles. The molecule has 4 nitrogen and oxygen atoms in total. The van der Waals surface area contributed by atoms with E-state index in [0.29, 0.717) is 18.1 Å². The van der Waals surface area contributed by atoms with Gasteiger partial charge in [0.25, 0.3) is 0 Å². The molecule has 1 aromatic heterocycles. The first-order valence-electron chi connectivity index (χ1n) is 6.65. The normalized spacial score (nSPS) is 10.5. The van der Waals surface area contributed by atoms with Crippen molar-refractivity contribution in [2.75, 3.05) is 7.11 Å². The van der Waals surface area contributed by atoms with Crippen molar-refractivity contribution in [1.82, 2.24) is 4.98 Å². The van der Waals surface area contributed by atoms with Crippen LogP contribution in [0.1, 0.15) is 16.1 Å². The summed E-state index contributed by atoms with van der Waals surface area (Å²) in [6, 6.07) is 17.4. The molecule has 4 heteroatoms. The average molecular weight is 281 g/mol. The van der Waals surface area contributed by atoms with Gasteiger partial charge >= 0.3 is 5.97 Å². The van der Waals surface area contributed by atoms with E-state index in [-0.39, 0.29) is 0 Å². The van der Waals surface area contributed by atoms with Crippen LogP contribution in [0.3, 0.4) is 0 Å². The summed E-state index contributed by atoms with van der Waals surface area (Å²) in [5, 5.41) is 0.869. The topological polar surface area (TPSA) is 51.3 Å². The second kappa shape index (κ2) is 5.71. The number of benzene rings is 2. The van der Waals surface area contributed by atoms with Crippen LogP contribution in [0.4, 0.5) is 0 Å². The minimum absolute atomic E-state index is 0.342. The fourth-order valence-electron chi connectivity index (χ4n) is 2.24. The minimum atomic E-state index is -0.436. The highest BCUT2D eigenvalue weighted by Gasteiger charge is 2.19. The molecule has 106 valence electrons. The maximum atomic E-state index is 11.9. The van der Waals surface area contributed by atoms with E-state index < -0.39 is 5.97 Å². The number of carbonyl (C=O) groups is 1. The smallest absolute Gasteiger partial charge is 0.358 e. The lowest BCUT2D eigenvalue weighted by Gasteiger charge is -2.07. The first kappa shape index (κ1) is 13.2. The summed E-state index contributed by atoms with van der Waals surface area (Å²) in [6.07, 6.45) is 0. The Morgan fingerprint density at radius 1 is 1.05 bits per heavy atom. The van der Waals surface area contributed by atoms with Crippen LogP contribution in [0.25, 0.3) is 10.9 Å². The molecule has 1 heterocycles. The van der Waals surface area contributed by atoms with E-state index in [0.717, 1.165) is 16.5 Å². The molecule has 0 atom stereocenters. The van der Waals surface area contributed by atoms with Crippen molar-refractivity contribution >= 4 is 16.9 Å². The third kappa shape index (κ3) is 2.60. The summed E-state index contributed by atoms with van der Waals surface area (Å²) in [5.74, 6) is 0.0931. The Morgan fingerprint density at radius 3 is 2.52 bits per heavy atom. The number of hydrogen-bond acceptors (Lipinski definition) is 3.